The number of hydrogen-bond donors (Lipinski definition) is 3. The molecule has 0 aliphatic rings. The van der Waals surface area contributed by atoms with Gasteiger partial charge in [-0.3, -0.25) is 9.79 Å². The summed E-state index contributed by atoms with van der Waals surface area (Å²) in [5, 5.41) is 9.02. The van der Waals surface area contributed by atoms with Gasteiger partial charge in [-0.1, -0.05) is 13.8 Å². The highest BCUT2D eigenvalue weighted by Crippen LogP contribution is 2.08. The Hall–Kier alpha value is -1.26. The molecule has 0 rings (SSSR count). The van der Waals surface area contributed by atoms with E-state index in [1.807, 2.05) is 55.4 Å². The van der Waals surface area contributed by atoms with Gasteiger partial charge in [-0.25, -0.2) is 4.79 Å². The van der Waals surface area contributed by atoms with Gasteiger partial charge < -0.3 is 25.6 Å². The molecule has 1 unspecified atom stereocenters. The number of nitrogens with one attached hydrogen (secondary N) is 3. The average Bonchev–Trinajstić information content (AvgIpc) is 2.41. The summed E-state index contributed by atoms with van der Waals surface area (Å²) in [6, 6.07) is -0.145. The Labute approximate surface area is 187 Å². The average molecular weight is 513 g/mol. The number of hydrogen-bond acceptors (Lipinski definition) is 4. The number of carbonyl (C=O) groups excluding carboxylic acids is 2. The van der Waals surface area contributed by atoms with Gasteiger partial charge in [-0.2, -0.15) is 0 Å². The van der Waals surface area contributed by atoms with E-state index in [4.69, 9.17) is 4.74 Å². The fraction of sp³-hybridized carbons (Fsp3) is 0.842. The van der Waals surface area contributed by atoms with Crippen molar-refractivity contribution in [3.63, 3.8) is 0 Å². The van der Waals surface area contributed by atoms with Crippen LogP contribution in [0, 0.1) is 5.92 Å². The Balaban J connectivity index is 0. The van der Waals surface area contributed by atoms with Crippen LogP contribution in [0.1, 0.15) is 55.4 Å². The fourth-order valence-corrected chi connectivity index (χ4v) is 2.25. The number of alkyl carbamates (subject to hydrolysis) is 1. The summed E-state index contributed by atoms with van der Waals surface area (Å²) in [4.78, 5) is 30.1. The van der Waals surface area contributed by atoms with Crippen molar-refractivity contribution in [3.05, 3.63) is 0 Å². The number of halogens is 1. The van der Waals surface area contributed by atoms with Crippen molar-refractivity contribution < 1.29 is 14.3 Å². The van der Waals surface area contributed by atoms with E-state index < -0.39 is 11.7 Å². The van der Waals surface area contributed by atoms with Crippen molar-refractivity contribution in [2.45, 2.75) is 72.6 Å². The van der Waals surface area contributed by atoms with Gasteiger partial charge in [-0.05, 0) is 47.5 Å². The van der Waals surface area contributed by atoms with Crippen LogP contribution in [0.5, 0.6) is 0 Å². The van der Waals surface area contributed by atoms with Crippen LogP contribution in [0.4, 0.5) is 4.79 Å². The second kappa shape index (κ2) is 12.3. The summed E-state index contributed by atoms with van der Waals surface area (Å²) < 4.78 is 5.33. The Morgan fingerprint density at radius 1 is 1.11 bits per heavy atom. The van der Waals surface area contributed by atoms with Crippen LogP contribution >= 0.6 is 24.0 Å². The molecule has 0 fully saturated rings. The van der Waals surface area contributed by atoms with E-state index >= 15 is 0 Å². The van der Waals surface area contributed by atoms with E-state index in [2.05, 4.69) is 20.9 Å². The topological polar surface area (TPSA) is 95.1 Å². The minimum atomic E-state index is -0.546. The number of rotatable bonds is 6. The molecule has 0 heterocycles. The molecule has 2 amide bonds. The lowest BCUT2D eigenvalue weighted by atomic mass is 10.0. The van der Waals surface area contributed by atoms with Gasteiger partial charge in [0.1, 0.15) is 5.60 Å². The minimum absolute atomic E-state index is 0. The molecule has 0 aromatic heterocycles. The molecule has 0 radical (unpaired) electrons. The number of guanidine groups is 1. The van der Waals surface area contributed by atoms with E-state index in [1.165, 1.54) is 0 Å². The lowest BCUT2D eigenvalue weighted by molar-refractivity contribution is -0.122. The predicted octanol–water partition coefficient (Wildman–Crippen LogP) is 2.58. The molecular weight excluding hydrogens is 473 g/mol. The minimum Gasteiger partial charge on any atom is -0.444 e. The number of likely N-dealkylation sites (N-methyl/N-ethyl adjacent to an activating group) is 1. The van der Waals surface area contributed by atoms with Gasteiger partial charge in [0.25, 0.3) is 0 Å². The van der Waals surface area contributed by atoms with Crippen molar-refractivity contribution in [2.24, 2.45) is 10.9 Å². The van der Waals surface area contributed by atoms with E-state index in [0.717, 1.165) is 0 Å². The third-order valence-electron chi connectivity index (χ3n) is 3.46. The molecule has 166 valence electrons. The zero-order valence-electron chi connectivity index (χ0n) is 19.1. The summed E-state index contributed by atoms with van der Waals surface area (Å²) in [7, 11) is 3.45. The first-order valence-corrected chi connectivity index (χ1v) is 9.37. The molecule has 0 saturated heterocycles. The van der Waals surface area contributed by atoms with Gasteiger partial charge in [-0.15, -0.1) is 24.0 Å². The van der Waals surface area contributed by atoms with Crippen molar-refractivity contribution in [1.82, 2.24) is 20.9 Å². The van der Waals surface area contributed by atoms with Crippen LogP contribution in [-0.4, -0.2) is 67.2 Å². The van der Waals surface area contributed by atoms with Gasteiger partial charge in [0.15, 0.2) is 5.96 Å². The molecule has 0 bridgehead atoms. The summed E-state index contributed by atoms with van der Waals surface area (Å²) in [6.45, 7) is 16.0. The van der Waals surface area contributed by atoms with Gasteiger partial charge in [0, 0.05) is 26.2 Å². The quantitative estimate of drug-likeness (QED) is 0.288. The van der Waals surface area contributed by atoms with Crippen molar-refractivity contribution >= 4 is 41.9 Å². The first-order chi connectivity index (χ1) is 12.1. The van der Waals surface area contributed by atoms with Crippen molar-refractivity contribution in [3.8, 4) is 0 Å². The molecule has 0 spiro atoms. The largest absolute Gasteiger partial charge is 0.444 e. The Bertz CT molecular complexity index is 525. The number of carbonyl (C=O) groups is 2. The highest BCUT2D eigenvalue weighted by Gasteiger charge is 2.22. The molecule has 0 aromatic rings. The zero-order chi connectivity index (χ0) is 21.4. The predicted molar refractivity (Wildman–Crippen MR) is 125 cm³/mol. The maximum atomic E-state index is 12.1. The fourth-order valence-electron chi connectivity index (χ4n) is 2.25. The van der Waals surface area contributed by atoms with Crippen LogP contribution < -0.4 is 16.0 Å². The molecular formula is C19H40IN5O3. The number of nitrogens with zero attached hydrogens (tertiary/aromatic N) is 2. The van der Waals surface area contributed by atoms with E-state index in [1.54, 1.807) is 19.0 Å². The molecule has 8 nitrogen and oxygen atoms in total. The lowest BCUT2D eigenvalue weighted by Gasteiger charge is -2.29. The van der Waals surface area contributed by atoms with Crippen LogP contribution in [0.15, 0.2) is 4.99 Å². The van der Waals surface area contributed by atoms with Crippen LogP contribution in [0.2, 0.25) is 0 Å². The SMILES string of the molecule is CN=C(NCC(NC(=O)OC(C)(C)C)C(C)C)N(C)CC(=O)NC(C)(C)C.I. The first kappa shape index (κ1) is 28.9. The summed E-state index contributed by atoms with van der Waals surface area (Å²) in [6.07, 6.45) is -0.448. The molecule has 28 heavy (non-hydrogen) atoms. The third kappa shape index (κ3) is 13.8. The Morgan fingerprint density at radius 3 is 2.04 bits per heavy atom. The second-order valence-corrected chi connectivity index (χ2v) is 9.08. The molecule has 1 atom stereocenters. The Morgan fingerprint density at radius 2 is 1.64 bits per heavy atom. The molecule has 3 N–H and O–H groups in total. The smallest absolute Gasteiger partial charge is 0.407 e. The number of amides is 2. The van der Waals surface area contributed by atoms with Crippen LogP contribution in [0.3, 0.4) is 0 Å². The molecule has 0 aliphatic carbocycles. The van der Waals surface area contributed by atoms with E-state index in [0.29, 0.717) is 12.5 Å². The van der Waals surface area contributed by atoms with Crippen LogP contribution in [-0.2, 0) is 9.53 Å². The van der Waals surface area contributed by atoms with Crippen molar-refractivity contribution in [1.29, 1.82) is 0 Å². The molecule has 0 aliphatic heterocycles. The second-order valence-electron chi connectivity index (χ2n) is 9.08. The first-order valence-electron chi connectivity index (χ1n) is 9.37. The van der Waals surface area contributed by atoms with E-state index in [-0.39, 0.29) is 53.9 Å². The highest BCUT2D eigenvalue weighted by molar-refractivity contribution is 14.0. The standard InChI is InChI=1S/C19H39N5O3.HI/c1-13(2)14(22-17(26)27-19(6,7)8)11-21-16(20-9)24(10)12-15(25)23-18(3,4)5;/h13-14H,11-12H2,1-10H3,(H,20,21)(H,22,26)(H,23,25);1H. The highest BCUT2D eigenvalue weighted by atomic mass is 127. The molecule has 9 heteroatoms. The Kier molecular flexibility index (Phi) is 12.8. The van der Waals surface area contributed by atoms with E-state index in [9.17, 15) is 9.59 Å². The monoisotopic (exact) mass is 513 g/mol. The van der Waals surface area contributed by atoms with Gasteiger partial charge >= 0.3 is 6.09 Å². The summed E-state index contributed by atoms with van der Waals surface area (Å²) in [5.74, 6) is 0.688. The summed E-state index contributed by atoms with van der Waals surface area (Å²) in [5.41, 5.74) is -0.829. The third-order valence-corrected chi connectivity index (χ3v) is 3.46. The van der Waals surface area contributed by atoms with Crippen molar-refractivity contribution in [2.75, 3.05) is 27.2 Å². The van der Waals surface area contributed by atoms with Gasteiger partial charge in [0.2, 0.25) is 5.91 Å². The summed E-state index contributed by atoms with van der Waals surface area (Å²) >= 11 is 0. The maximum Gasteiger partial charge on any atom is 0.407 e. The lowest BCUT2D eigenvalue weighted by Crippen LogP contribution is -2.52. The van der Waals surface area contributed by atoms with Gasteiger partial charge in [0.05, 0.1) is 12.6 Å². The normalized spacial score (nSPS) is 13.3. The number of aliphatic imine (C=N–C) groups is 1. The number of ether oxygens (including phenoxy) is 1. The molecule has 0 saturated carbocycles. The zero-order valence-corrected chi connectivity index (χ0v) is 21.4. The maximum absolute atomic E-state index is 12.1. The molecule has 0 aromatic carbocycles. The van der Waals surface area contributed by atoms with Crippen LogP contribution in [0.25, 0.3) is 0 Å².